The SMILES string of the molecule is Oc1cnc2cc3c(nc2c1)C=CC3. The molecule has 2 aromatic heterocycles. The highest BCUT2D eigenvalue weighted by Crippen LogP contribution is 2.23. The Hall–Kier alpha value is -1.90. The molecule has 0 fully saturated rings. The first-order valence-electron chi connectivity index (χ1n) is 4.48. The van der Waals surface area contributed by atoms with E-state index in [4.69, 9.17) is 0 Å². The van der Waals surface area contributed by atoms with Gasteiger partial charge in [0.15, 0.2) is 0 Å². The van der Waals surface area contributed by atoms with E-state index in [9.17, 15) is 5.11 Å². The lowest BCUT2D eigenvalue weighted by Gasteiger charge is -2.01. The maximum Gasteiger partial charge on any atom is 0.136 e. The van der Waals surface area contributed by atoms with Crippen LogP contribution in [0.2, 0.25) is 0 Å². The van der Waals surface area contributed by atoms with E-state index in [0.29, 0.717) is 0 Å². The van der Waals surface area contributed by atoms with E-state index < -0.39 is 0 Å². The zero-order valence-corrected chi connectivity index (χ0v) is 7.44. The van der Waals surface area contributed by atoms with Crippen molar-refractivity contribution in [2.45, 2.75) is 6.42 Å². The first-order valence-corrected chi connectivity index (χ1v) is 4.48. The lowest BCUT2D eigenvalue weighted by Crippen LogP contribution is -1.89. The largest absolute Gasteiger partial charge is 0.506 e. The van der Waals surface area contributed by atoms with Gasteiger partial charge in [-0.3, -0.25) is 4.98 Å². The fraction of sp³-hybridized carbons (Fsp3) is 0.0909. The van der Waals surface area contributed by atoms with Crippen LogP contribution in [0, 0.1) is 0 Å². The van der Waals surface area contributed by atoms with Crippen LogP contribution in [-0.2, 0) is 6.42 Å². The zero-order chi connectivity index (χ0) is 9.54. The first kappa shape index (κ1) is 7.50. The summed E-state index contributed by atoms with van der Waals surface area (Å²) in [6.45, 7) is 0. The third kappa shape index (κ3) is 0.988. The number of fused-ring (bicyclic) bond motifs is 2. The maximum atomic E-state index is 9.26. The number of allylic oxidation sites excluding steroid dienone is 1. The Kier molecular flexibility index (Phi) is 1.36. The topological polar surface area (TPSA) is 46.0 Å². The van der Waals surface area contributed by atoms with Crippen LogP contribution >= 0.6 is 0 Å². The minimum Gasteiger partial charge on any atom is -0.506 e. The summed E-state index contributed by atoms with van der Waals surface area (Å²) in [5, 5.41) is 9.26. The Labute approximate surface area is 80.7 Å². The summed E-state index contributed by atoms with van der Waals surface area (Å²) in [7, 11) is 0. The standard InChI is InChI=1S/C11H8N2O/c14-8-5-11-10(12-6-8)4-7-2-1-3-9(7)13-11/h1,3-6,14H,2H2. The molecule has 0 aromatic carbocycles. The molecule has 3 rings (SSSR count). The molecule has 3 nitrogen and oxygen atoms in total. The number of nitrogens with zero attached hydrogens (tertiary/aromatic N) is 2. The second-order valence-corrected chi connectivity index (χ2v) is 3.37. The van der Waals surface area contributed by atoms with Crippen LogP contribution in [0.1, 0.15) is 11.3 Å². The van der Waals surface area contributed by atoms with Gasteiger partial charge in [-0.15, -0.1) is 0 Å². The molecule has 0 radical (unpaired) electrons. The fourth-order valence-electron chi connectivity index (χ4n) is 1.70. The van der Waals surface area contributed by atoms with E-state index in [1.165, 1.54) is 11.8 Å². The van der Waals surface area contributed by atoms with Gasteiger partial charge in [0.1, 0.15) is 5.75 Å². The molecule has 2 aromatic rings. The summed E-state index contributed by atoms with van der Waals surface area (Å²) in [5.74, 6) is 0.159. The molecule has 3 heteroatoms. The normalized spacial score (nSPS) is 13.4. The van der Waals surface area contributed by atoms with Gasteiger partial charge in [0.05, 0.1) is 22.9 Å². The van der Waals surface area contributed by atoms with Crippen molar-refractivity contribution in [2.24, 2.45) is 0 Å². The van der Waals surface area contributed by atoms with Gasteiger partial charge in [0, 0.05) is 6.07 Å². The number of aromatic nitrogens is 2. The van der Waals surface area contributed by atoms with Crippen LogP contribution < -0.4 is 0 Å². The molecule has 0 bridgehead atoms. The molecule has 2 heterocycles. The molecule has 14 heavy (non-hydrogen) atoms. The van der Waals surface area contributed by atoms with Crippen LogP contribution in [0.15, 0.2) is 24.4 Å². The molecule has 0 spiro atoms. The molecule has 1 N–H and O–H groups in total. The van der Waals surface area contributed by atoms with Crippen LogP contribution in [0.5, 0.6) is 5.75 Å². The van der Waals surface area contributed by atoms with E-state index in [0.717, 1.165) is 23.1 Å². The lowest BCUT2D eigenvalue weighted by atomic mass is 10.2. The molecule has 68 valence electrons. The summed E-state index contributed by atoms with van der Waals surface area (Å²) in [4.78, 5) is 8.53. The smallest absolute Gasteiger partial charge is 0.136 e. The van der Waals surface area contributed by atoms with Crippen molar-refractivity contribution in [1.82, 2.24) is 9.97 Å². The van der Waals surface area contributed by atoms with E-state index in [1.807, 2.05) is 12.1 Å². The average molecular weight is 184 g/mol. The van der Waals surface area contributed by atoms with Crippen molar-refractivity contribution >= 4 is 17.1 Å². The van der Waals surface area contributed by atoms with Gasteiger partial charge in [-0.1, -0.05) is 6.08 Å². The quantitative estimate of drug-likeness (QED) is 0.680. The van der Waals surface area contributed by atoms with E-state index in [1.54, 1.807) is 6.07 Å². The highest BCUT2D eigenvalue weighted by Gasteiger charge is 2.08. The van der Waals surface area contributed by atoms with Crippen molar-refractivity contribution < 1.29 is 5.11 Å². The van der Waals surface area contributed by atoms with Crippen LogP contribution in [-0.4, -0.2) is 15.1 Å². The molecule has 1 aliphatic rings. The molecular formula is C11H8N2O. The van der Waals surface area contributed by atoms with Crippen molar-refractivity contribution in [3.63, 3.8) is 0 Å². The van der Waals surface area contributed by atoms with Gasteiger partial charge in [0.2, 0.25) is 0 Å². The maximum absolute atomic E-state index is 9.26. The number of aromatic hydroxyl groups is 1. The fourth-order valence-corrected chi connectivity index (χ4v) is 1.70. The zero-order valence-electron chi connectivity index (χ0n) is 7.44. The van der Waals surface area contributed by atoms with Gasteiger partial charge in [-0.25, -0.2) is 4.98 Å². The third-order valence-electron chi connectivity index (χ3n) is 2.38. The van der Waals surface area contributed by atoms with Crippen molar-refractivity contribution in [3.05, 3.63) is 35.7 Å². The summed E-state index contributed by atoms with van der Waals surface area (Å²) in [6.07, 6.45) is 6.45. The molecule has 0 amide bonds. The average Bonchev–Trinajstić information content (AvgIpc) is 2.61. The Balaban J connectivity index is 2.37. The van der Waals surface area contributed by atoms with Gasteiger partial charge in [-0.05, 0) is 24.1 Å². The van der Waals surface area contributed by atoms with E-state index >= 15 is 0 Å². The second-order valence-electron chi connectivity index (χ2n) is 3.37. The number of hydrogen-bond acceptors (Lipinski definition) is 3. The molecule has 0 atom stereocenters. The molecule has 0 saturated carbocycles. The predicted molar refractivity (Wildman–Crippen MR) is 53.9 cm³/mol. The first-order chi connectivity index (χ1) is 6.83. The molecule has 0 unspecified atom stereocenters. The minimum absolute atomic E-state index is 0.159. The van der Waals surface area contributed by atoms with Gasteiger partial charge < -0.3 is 5.11 Å². The summed E-state index contributed by atoms with van der Waals surface area (Å²) in [6, 6.07) is 3.66. The number of pyridine rings is 2. The van der Waals surface area contributed by atoms with Crippen LogP contribution in [0.4, 0.5) is 0 Å². The Morgan fingerprint density at radius 3 is 3.07 bits per heavy atom. The number of hydrogen-bond donors (Lipinski definition) is 1. The third-order valence-corrected chi connectivity index (χ3v) is 2.38. The monoisotopic (exact) mass is 184 g/mol. The van der Waals surface area contributed by atoms with Crippen LogP contribution in [0.3, 0.4) is 0 Å². The molecule has 0 saturated heterocycles. The lowest BCUT2D eigenvalue weighted by molar-refractivity contribution is 0.473. The highest BCUT2D eigenvalue weighted by atomic mass is 16.3. The molecular weight excluding hydrogens is 176 g/mol. The summed E-state index contributed by atoms with van der Waals surface area (Å²) in [5.41, 5.74) is 3.78. The summed E-state index contributed by atoms with van der Waals surface area (Å²) >= 11 is 0. The van der Waals surface area contributed by atoms with Gasteiger partial charge in [0.25, 0.3) is 0 Å². The predicted octanol–water partition coefficient (Wildman–Crippen LogP) is 1.90. The van der Waals surface area contributed by atoms with E-state index in [-0.39, 0.29) is 5.75 Å². The van der Waals surface area contributed by atoms with E-state index in [2.05, 4.69) is 16.0 Å². The number of rotatable bonds is 0. The Morgan fingerprint density at radius 2 is 2.14 bits per heavy atom. The minimum atomic E-state index is 0.159. The molecule has 1 aliphatic carbocycles. The Morgan fingerprint density at radius 1 is 1.21 bits per heavy atom. The summed E-state index contributed by atoms with van der Waals surface area (Å²) < 4.78 is 0. The van der Waals surface area contributed by atoms with Gasteiger partial charge >= 0.3 is 0 Å². The van der Waals surface area contributed by atoms with Crippen molar-refractivity contribution in [3.8, 4) is 5.75 Å². The van der Waals surface area contributed by atoms with Crippen molar-refractivity contribution in [2.75, 3.05) is 0 Å². The van der Waals surface area contributed by atoms with Crippen LogP contribution in [0.25, 0.3) is 17.1 Å². The Bertz CT molecular complexity index is 546. The second kappa shape index (κ2) is 2.54. The van der Waals surface area contributed by atoms with Gasteiger partial charge in [-0.2, -0.15) is 0 Å². The molecule has 0 aliphatic heterocycles. The highest BCUT2D eigenvalue weighted by molar-refractivity contribution is 5.79. The van der Waals surface area contributed by atoms with Crippen molar-refractivity contribution in [1.29, 1.82) is 0 Å².